The molecule has 0 amide bonds. The molecule has 106 valence electrons. The standard InChI is InChI=1S/C13H18BF3O2/c1-11(2)12(3,4)19-14(18-11)10(15)7-5-6-8-9(7)13(8,16)17/h8-9H,5-6H2,1-4H3. The summed E-state index contributed by atoms with van der Waals surface area (Å²) in [6.45, 7) is 7.25. The van der Waals surface area contributed by atoms with Gasteiger partial charge in [0, 0.05) is 5.92 Å². The minimum Gasteiger partial charge on any atom is -0.398 e. The number of fused-ring (bicyclic) bond motifs is 1. The van der Waals surface area contributed by atoms with Crippen molar-refractivity contribution in [1.82, 2.24) is 0 Å². The van der Waals surface area contributed by atoms with Crippen molar-refractivity contribution in [2.24, 2.45) is 11.8 Å². The largest absolute Gasteiger partial charge is 0.525 e. The summed E-state index contributed by atoms with van der Waals surface area (Å²) < 4.78 is 52.3. The molecule has 2 nitrogen and oxygen atoms in total. The molecule has 1 saturated heterocycles. The summed E-state index contributed by atoms with van der Waals surface area (Å²) in [7, 11) is -1.14. The topological polar surface area (TPSA) is 18.5 Å². The van der Waals surface area contributed by atoms with Crippen LogP contribution in [0.1, 0.15) is 40.5 Å². The summed E-state index contributed by atoms with van der Waals surface area (Å²) in [6.07, 6.45) is 0.751. The summed E-state index contributed by atoms with van der Waals surface area (Å²) >= 11 is 0. The highest BCUT2D eigenvalue weighted by atomic mass is 19.3. The fourth-order valence-corrected chi connectivity index (χ4v) is 3.06. The van der Waals surface area contributed by atoms with Crippen molar-refractivity contribution in [3.63, 3.8) is 0 Å². The van der Waals surface area contributed by atoms with E-state index in [9.17, 15) is 13.2 Å². The zero-order valence-electron chi connectivity index (χ0n) is 11.6. The van der Waals surface area contributed by atoms with Gasteiger partial charge in [0.15, 0.2) is 0 Å². The molecule has 0 aromatic heterocycles. The van der Waals surface area contributed by atoms with Crippen LogP contribution >= 0.6 is 0 Å². The van der Waals surface area contributed by atoms with Crippen molar-refractivity contribution in [2.45, 2.75) is 57.7 Å². The summed E-state index contributed by atoms with van der Waals surface area (Å²) in [4.78, 5) is 0. The van der Waals surface area contributed by atoms with Gasteiger partial charge in [0.2, 0.25) is 0 Å². The monoisotopic (exact) mass is 274 g/mol. The Labute approximate surface area is 111 Å². The number of hydrogen-bond donors (Lipinski definition) is 0. The van der Waals surface area contributed by atoms with Gasteiger partial charge < -0.3 is 9.31 Å². The number of rotatable bonds is 1. The maximum atomic E-state index is 14.4. The van der Waals surface area contributed by atoms with Crippen molar-refractivity contribution >= 4 is 7.12 Å². The zero-order valence-corrected chi connectivity index (χ0v) is 11.6. The van der Waals surface area contributed by atoms with Gasteiger partial charge in [0.05, 0.1) is 17.1 Å². The van der Waals surface area contributed by atoms with Crippen molar-refractivity contribution in [3.05, 3.63) is 11.3 Å². The smallest absolute Gasteiger partial charge is 0.398 e. The van der Waals surface area contributed by atoms with Crippen molar-refractivity contribution in [2.75, 3.05) is 0 Å². The fraction of sp³-hybridized carbons (Fsp3) is 0.846. The molecule has 6 heteroatoms. The van der Waals surface area contributed by atoms with Crippen molar-refractivity contribution in [3.8, 4) is 0 Å². The molecule has 3 rings (SSSR count). The number of allylic oxidation sites excluding steroid dienone is 1. The molecule has 1 heterocycles. The average Bonchev–Trinajstić information content (AvgIpc) is 2.65. The second kappa shape index (κ2) is 3.58. The van der Waals surface area contributed by atoms with Crippen LogP contribution in [0.15, 0.2) is 11.3 Å². The van der Waals surface area contributed by atoms with Crippen molar-refractivity contribution in [1.29, 1.82) is 0 Å². The molecule has 2 unspecified atom stereocenters. The Bertz CT molecular complexity index is 443. The van der Waals surface area contributed by atoms with Gasteiger partial charge in [-0.1, -0.05) is 0 Å². The molecule has 19 heavy (non-hydrogen) atoms. The lowest BCUT2D eigenvalue weighted by atomic mass is 9.83. The predicted molar refractivity (Wildman–Crippen MR) is 65.4 cm³/mol. The van der Waals surface area contributed by atoms with E-state index in [1.807, 2.05) is 27.7 Å². The van der Waals surface area contributed by atoms with E-state index in [0.29, 0.717) is 12.8 Å². The molecule has 3 fully saturated rings. The number of halogens is 3. The number of hydrogen-bond acceptors (Lipinski definition) is 2. The molecule has 2 saturated carbocycles. The number of alkyl halides is 2. The molecule has 0 aromatic carbocycles. The molecule has 2 aliphatic carbocycles. The minimum absolute atomic E-state index is 0.202. The van der Waals surface area contributed by atoms with E-state index < -0.39 is 41.8 Å². The van der Waals surface area contributed by atoms with Crippen LogP contribution in [0, 0.1) is 11.8 Å². The maximum absolute atomic E-state index is 14.4. The van der Waals surface area contributed by atoms with E-state index in [1.165, 1.54) is 0 Å². The first-order chi connectivity index (χ1) is 8.58. The van der Waals surface area contributed by atoms with Crippen LogP contribution in [0.25, 0.3) is 0 Å². The van der Waals surface area contributed by atoms with Crippen LogP contribution in [-0.2, 0) is 9.31 Å². The first-order valence-electron chi connectivity index (χ1n) is 6.70. The molecule has 0 N–H and O–H groups in total. The van der Waals surface area contributed by atoms with E-state index >= 15 is 0 Å². The third-order valence-corrected chi connectivity index (χ3v) is 5.07. The lowest BCUT2D eigenvalue weighted by Gasteiger charge is -2.32. The third kappa shape index (κ3) is 1.72. The molecule has 2 atom stereocenters. The second-order valence-electron chi connectivity index (χ2n) is 6.76. The molecule has 0 aromatic rings. The summed E-state index contributed by atoms with van der Waals surface area (Å²) in [5.41, 5.74) is -1.74. The molecule has 0 spiro atoms. The van der Waals surface area contributed by atoms with Crippen LogP contribution in [0.3, 0.4) is 0 Å². The van der Waals surface area contributed by atoms with E-state index in [0.717, 1.165) is 0 Å². The van der Waals surface area contributed by atoms with Crippen molar-refractivity contribution < 1.29 is 22.5 Å². The van der Waals surface area contributed by atoms with Gasteiger partial charge in [0.25, 0.3) is 5.92 Å². The molecular formula is C13H18BF3O2. The van der Waals surface area contributed by atoms with E-state index in [-0.39, 0.29) is 5.57 Å². The third-order valence-electron chi connectivity index (χ3n) is 5.07. The van der Waals surface area contributed by atoms with Crippen LogP contribution < -0.4 is 0 Å². The van der Waals surface area contributed by atoms with Gasteiger partial charge in [-0.3, -0.25) is 0 Å². The molecule has 3 aliphatic rings. The Kier molecular flexibility index (Phi) is 2.54. The van der Waals surface area contributed by atoms with E-state index in [4.69, 9.17) is 9.31 Å². The highest BCUT2D eigenvalue weighted by Gasteiger charge is 2.72. The molecule has 0 bridgehead atoms. The quantitative estimate of drug-likeness (QED) is 0.681. The Morgan fingerprint density at radius 2 is 1.68 bits per heavy atom. The SMILES string of the molecule is CC1(C)OB(C(F)=C2CCC3C2C3(F)F)OC1(C)C. The first kappa shape index (κ1) is 13.5. The minimum atomic E-state index is -2.73. The summed E-state index contributed by atoms with van der Waals surface area (Å²) in [5, 5.41) is 0. The molecule has 0 radical (unpaired) electrons. The van der Waals surface area contributed by atoms with Crippen LogP contribution in [0.5, 0.6) is 0 Å². The summed E-state index contributed by atoms with van der Waals surface area (Å²) in [6, 6.07) is 0. The highest BCUT2D eigenvalue weighted by Crippen LogP contribution is 2.67. The average molecular weight is 274 g/mol. The Balaban J connectivity index is 1.85. The lowest BCUT2D eigenvalue weighted by Crippen LogP contribution is -2.41. The van der Waals surface area contributed by atoms with Crippen LogP contribution in [-0.4, -0.2) is 24.2 Å². The van der Waals surface area contributed by atoms with Gasteiger partial charge in [-0.25, -0.2) is 13.2 Å². The predicted octanol–water partition coefficient (Wildman–Crippen LogP) is 3.52. The first-order valence-corrected chi connectivity index (χ1v) is 6.70. The van der Waals surface area contributed by atoms with Gasteiger partial charge >= 0.3 is 7.12 Å². The molecular weight excluding hydrogens is 256 g/mol. The van der Waals surface area contributed by atoms with Crippen LogP contribution in [0.4, 0.5) is 13.2 Å². The van der Waals surface area contributed by atoms with E-state index in [2.05, 4.69) is 0 Å². The lowest BCUT2D eigenvalue weighted by molar-refractivity contribution is 0.00578. The van der Waals surface area contributed by atoms with E-state index in [1.54, 1.807) is 0 Å². The Morgan fingerprint density at radius 1 is 1.16 bits per heavy atom. The zero-order chi connectivity index (χ0) is 14.2. The fourth-order valence-electron chi connectivity index (χ4n) is 3.06. The Morgan fingerprint density at radius 3 is 2.11 bits per heavy atom. The van der Waals surface area contributed by atoms with Gasteiger partial charge in [-0.15, -0.1) is 0 Å². The maximum Gasteiger partial charge on any atom is 0.525 e. The van der Waals surface area contributed by atoms with Gasteiger partial charge in [0.1, 0.15) is 5.73 Å². The summed E-state index contributed by atoms with van der Waals surface area (Å²) in [5.74, 6) is -4.32. The van der Waals surface area contributed by atoms with Gasteiger partial charge in [-0.2, -0.15) is 0 Å². The Hall–Kier alpha value is -0.485. The molecule has 1 aliphatic heterocycles. The second-order valence-corrected chi connectivity index (χ2v) is 6.76. The normalized spacial score (nSPS) is 40.3. The highest BCUT2D eigenvalue weighted by molar-refractivity contribution is 6.53. The van der Waals surface area contributed by atoms with Crippen LogP contribution in [0.2, 0.25) is 0 Å². The van der Waals surface area contributed by atoms with Gasteiger partial charge in [-0.05, 0) is 46.1 Å².